The lowest BCUT2D eigenvalue weighted by Gasteiger charge is -2.12. The van der Waals surface area contributed by atoms with Gasteiger partial charge in [0.1, 0.15) is 6.61 Å². The molecule has 1 amide bonds. The number of hydrogen-bond donors (Lipinski definition) is 2. The zero-order valence-corrected chi connectivity index (χ0v) is 11.0. The molecule has 5 nitrogen and oxygen atoms in total. The number of ether oxygens (including phenoxy) is 1. The fraction of sp³-hybridized carbons (Fsp3) is 0.429. The third kappa shape index (κ3) is 5.90. The first-order chi connectivity index (χ1) is 9.13. The van der Waals surface area contributed by atoms with Crippen LogP contribution in [0.25, 0.3) is 0 Å². The van der Waals surface area contributed by atoms with Crippen LogP contribution in [-0.2, 0) is 16.1 Å². The second-order valence-electron chi connectivity index (χ2n) is 4.27. The van der Waals surface area contributed by atoms with Crippen molar-refractivity contribution in [1.29, 1.82) is 0 Å². The van der Waals surface area contributed by atoms with Crippen LogP contribution in [0.15, 0.2) is 30.3 Å². The molecule has 1 rings (SSSR count). The van der Waals surface area contributed by atoms with Crippen molar-refractivity contribution in [2.75, 3.05) is 6.54 Å². The van der Waals surface area contributed by atoms with Crippen LogP contribution in [0.4, 0.5) is 4.79 Å². The number of aliphatic carboxylic acids is 1. The number of carboxylic acids is 1. The first-order valence-electron chi connectivity index (χ1n) is 6.30. The summed E-state index contributed by atoms with van der Waals surface area (Å²) in [6, 6.07) is 9.30. The van der Waals surface area contributed by atoms with Gasteiger partial charge < -0.3 is 15.2 Å². The SMILES string of the molecule is CCCC(CNC(=O)OCc1ccccc1)C(=O)O. The molecule has 0 radical (unpaired) electrons. The van der Waals surface area contributed by atoms with E-state index in [1.165, 1.54) is 0 Å². The summed E-state index contributed by atoms with van der Waals surface area (Å²) in [5.41, 5.74) is 0.890. The van der Waals surface area contributed by atoms with Crippen molar-refractivity contribution < 1.29 is 19.4 Å². The molecule has 0 heterocycles. The van der Waals surface area contributed by atoms with E-state index in [1.807, 2.05) is 37.3 Å². The number of rotatable bonds is 7. The average molecular weight is 265 g/mol. The molecule has 0 aliphatic carbocycles. The summed E-state index contributed by atoms with van der Waals surface area (Å²) in [6.45, 7) is 2.18. The minimum absolute atomic E-state index is 0.0940. The van der Waals surface area contributed by atoms with Gasteiger partial charge in [-0.25, -0.2) is 4.79 Å². The highest BCUT2D eigenvalue weighted by Crippen LogP contribution is 2.05. The number of carbonyl (C=O) groups excluding carboxylic acids is 1. The van der Waals surface area contributed by atoms with Crippen molar-refractivity contribution in [2.45, 2.75) is 26.4 Å². The summed E-state index contributed by atoms with van der Waals surface area (Å²) in [5.74, 6) is -1.46. The molecule has 2 N–H and O–H groups in total. The molecular weight excluding hydrogens is 246 g/mol. The largest absolute Gasteiger partial charge is 0.481 e. The van der Waals surface area contributed by atoms with E-state index in [-0.39, 0.29) is 13.2 Å². The number of hydrogen-bond acceptors (Lipinski definition) is 3. The van der Waals surface area contributed by atoms with Crippen LogP contribution in [0.3, 0.4) is 0 Å². The van der Waals surface area contributed by atoms with E-state index in [2.05, 4.69) is 5.32 Å². The van der Waals surface area contributed by atoms with Crippen molar-refractivity contribution in [3.63, 3.8) is 0 Å². The van der Waals surface area contributed by atoms with Gasteiger partial charge in [0, 0.05) is 6.54 Å². The highest BCUT2D eigenvalue weighted by molar-refractivity contribution is 5.72. The fourth-order valence-corrected chi connectivity index (χ4v) is 1.64. The van der Waals surface area contributed by atoms with Gasteiger partial charge in [-0.1, -0.05) is 43.7 Å². The van der Waals surface area contributed by atoms with E-state index in [9.17, 15) is 9.59 Å². The van der Waals surface area contributed by atoms with Crippen LogP contribution in [0.5, 0.6) is 0 Å². The maximum atomic E-state index is 11.4. The molecule has 5 heteroatoms. The van der Waals surface area contributed by atoms with Gasteiger partial charge in [-0.3, -0.25) is 4.79 Å². The van der Waals surface area contributed by atoms with E-state index in [0.29, 0.717) is 6.42 Å². The maximum Gasteiger partial charge on any atom is 0.407 e. The maximum absolute atomic E-state index is 11.4. The summed E-state index contributed by atoms with van der Waals surface area (Å²) < 4.78 is 4.99. The van der Waals surface area contributed by atoms with Crippen LogP contribution in [0, 0.1) is 5.92 Å². The van der Waals surface area contributed by atoms with Gasteiger partial charge in [0.25, 0.3) is 0 Å². The molecule has 0 bridgehead atoms. The third-order valence-corrected chi connectivity index (χ3v) is 2.69. The highest BCUT2D eigenvalue weighted by Gasteiger charge is 2.17. The fourth-order valence-electron chi connectivity index (χ4n) is 1.64. The lowest BCUT2D eigenvalue weighted by atomic mass is 10.0. The molecule has 0 saturated carbocycles. The smallest absolute Gasteiger partial charge is 0.407 e. The van der Waals surface area contributed by atoms with Gasteiger partial charge in [-0.2, -0.15) is 0 Å². The third-order valence-electron chi connectivity index (χ3n) is 2.69. The number of amides is 1. The Kier molecular flexibility index (Phi) is 6.43. The predicted molar refractivity (Wildman–Crippen MR) is 70.7 cm³/mol. The predicted octanol–water partition coefficient (Wildman–Crippen LogP) is 2.41. The van der Waals surface area contributed by atoms with E-state index >= 15 is 0 Å². The Morgan fingerprint density at radius 2 is 2.00 bits per heavy atom. The van der Waals surface area contributed by atoms with E-state index in [1.54, 1.807) is 0 Å². The van der Waals surface area contributed by atoms with Crippen molar-refractivity contribution in [3.8, 4) is 0 Å². The summed E-state index contributed by atoms with van der Waals surface area (Å²) in [7, 11) is 0. The molecule has 0 aliphatic heterocycles. The van der Waals surface area contributed by atoms with E-state index in [0.717, 1.165) is 12.0 Å². The van der Waals surface area contributed by atoms with Gasteiger partial charge in [0.2, 0.25) is 0 Å². The topological polar surface area (TPSA) is 75.6 Å². The summed E-state index contributed by atoms with van der Waals surface area (Å²) in [5, 5.41) is 11.4. The van der Waals surface area contributed by atoms with Crippen molar-refractivity contribution in [2.24, 2.45) is 5.92 Å². The lowest BCUT2D eigenvalue weighted by Crippen LogP contribution is -2.33. The molecule has 1 aromatic rings. The average Bonchev–Trinajstić information content (AvgIpc) is 2.42. The Labute approximate surface area is 112 Å². The van der Waals surface area contributed by atoms with Crippen LogP contribution in [-0.4, -0.2) is 23.7 Å². The van der Waals surface area contributed by atoms with Gasteiger partial charge >= 0.3 is 12.1 Å². The van der Waals surface area contributed by atoms with Crippen LogP contribution >= 0.6 is 0 Å². The second-order valence-corrected chi connectivity index (χ2v) is 4.27. The summed E-state index contributed by atoms with van der Waals surface area (Å²) in [4.78, 5) is 22.3. The number of carbonyl (C=O) groups is 2. The summed E-state index contributed by atoms with van der Waals surface area (Å²) in [6.07, 6.45) is 0.706. The normalized spacial score (nSPS) is 11.6. The van der Waals surface area contributed by atoms with Gasteiger partial charge in [0.05, 0.1) is 5.92 Å². The molecule has 0 aliphatic rings. The van der Waals surface area contributed by atoms with Crippen molar-refractivity contribution in [1.82, 2.24) is 5.32 Å². The Hall–Kier alpha value is -2.04. The molecular formula is C14H19NO4. The number of benzene rings is 1. The Bertz CT molecular complexity index is 405. The Morgan fingerprint density at radius 1 is 1.32 bits per heavy atom. The monoisotopic (exact) mass is 265 g/mol. The standard InChI is InChI=1S/C14H19NO4/c1-2-6-12(13(16)17)9-15-14(18)19-10-11-7-4-3-5-8-11/h3-5,7-8,12H,2,6,9-10H2,1H3,(H,15,18)(H,16,17). The molecule has 0 spiro atoms. The molecule has 1 atom stereocenters. The van der Waals surface area contributed by atoms with Crippen molar-refractivity contribution in [3.05, 3.63) is 35.9 Å². The molecule has 0 fully saturated rings. The van der Waals surface area contributed by atoms with Gasteiger partial charge in [-0.05, 0) is 12.0 Å². The number of carboxylic acid groups (broad SMARTS) is 1. The Balaban J connectivity index is 2.29. The molecule has 0 aromatic heterocycles. The minimum Gasteiger partial charge on any atom is -0.481 e. The molecule has 1 aromatic carbocycles. The number of nitrogens with one attached hydrogen (secondary N) is 1. The zero-order chi connectivity index (χ0) is 14.1. The second kappa shape index (κ2) is 8.13. The van der Waals surface area contributed by atoms with E-state index in [4.69, 9.17) is 9.84 Å². The number of alkyl carbamates (subject to hydrolysis) is 1. The summed E-state index contributed by atoms with van der Waals surface area (Å²) >= 11 is 0. The Morgan fingerprint density at radius 3 is 2.58 bits per heavy atom. The molecule has 19 heavy (non-hydrogen) atoms. The first kappa shape index (κ1) is 15.0. The molecule has 104 valence electrons. The quantitative estimate of drug-likeness (QED) is 0.793. The van der Waals surface area contributed by atoms with Crippen LogP contribution in [0.2, 0.25) is 0 Å². The van der Waals surface area contributed by atoms with Gasteiger partial charge in [0.15, 0.2) is 0 Å². The first-order valence-corrected chi connectivity index (χ1v) is 6.30. The van der Waals surface area contributed by atoms with Crippen LogP contribution < -0.4 is 5.32 Å². The highest BCUT2D eigenvalue weighted by atomic mass is 16.5. The zero-order valence-electron chi connectivity index (χ0n) is 11.0. The molecule has 1 unspecified atom stereocenters. The van der Waals surface area contributed by atoms with Gasteiger partial charge in [-0.15, -0.1) is 0 Å². The van der Waals surface area contributed by atoms with Crippen LogP contribution in [0.1, 0.15) is 25.3 Å². The lowest BCUT2D eigenvalue weighted by molar-refractivity contribution is -0.141. The minimum atomic E-state index is -0.898. The van der Waals surface area contributed by atoms with E-state index < -0.39 is 18.0 Å². The van der Waals surface area contributed by atoms with Crippen molar-refractivity contribution >= 4 is 12.1 Å². The molecule has 0 saturated heterocycles.